The van der Waals surface area contributed by atoms with Gasteiger partial charge in [-0.1, -0.05) is 35.9 Å². The van der Waals surface area contributed by atoms with Crippen LogP contribution in [-0.2, 0) is 29.0 Å². The maximum absolute atomic E-state index is 13.1. The average Bonchev–Trinajstić information content (AvgIpc) is 3.13. The molecule has 1 unspecified atom stereocenters. The molecule has 0 radical (unpaired) electrons. The van der Waals surface area contributed by atoms with Crippen LogP contribution in [0.3, 0.4) is 0 Å². The van der Waals surface area contributed by atoms with E-state index in [1.165, 1.54) is 6.42 Å². The number of halogens is 1. The lowest BCUT2D eigenvalue weighted by Gasteiger charge is -2.33. The maximum Gasteiger partial charge on any atom is 0.242 e. The molecule has 3 aromatic rings. The number of carbonyl (C=O) groups excluding carboxylic acids is 2. The average molecular weight is 453 g/mol. The van der Waals surface area contributed by atoms with Gasteiger partial charge in [-0.15, -0.1) is 0 Å². The molecule has 32 heavy (non-hydrogen) atoms. The van der Waals surface area contributed by atoms with Crippen molar-refractivity contribution in [3.05, 3.63) is 64.9 Å². The Morgan fingerprint density at radius 1 is 1.12 bits per heavy atom. The van der Waals surface area contributed by atoms with E-state index in [-0.39, 0.29) is 24.4 Å². The molecule has 0 spiro atoms. The van der Waals surface area contributed by atoms with E-state index in [2.05, 4.69) is 12.2 Å². The summed E-state index contributed by atoms with van der Waals surface area (Å²) >= 11 is 5.90. The molecule has 7 heteroatoms. The van der Waals surface area contributed by atoms with Crippen molar-refractivity contribution in [2.75, 3.05) is 13.1 Å². The van der Waals surface area contributed by atoms with Crippen molar-refractivity contribution in [1.29, 1.82) is 0 Å². The number of piperidine rings is 1. The molecule has 2 aromatic carbocycles. The molecule has 4 rings (SSSR count). The lowest BCUT2D eigenvalue weighted by Crippen LogP contribution is -2.43. The summed E-state index contributed by atoms with van der Waals surface area (Å²) in [4.78, 5) is 32.2. The zero-order valence-electron chi connectivity index (χ0n) is 18.4. The number of likely N-dealkylation sites (tertiary alicyclic amines) is 1. The highest BCUT2D eigenvalue weighted by Crippen LogP contribution is 2.20. The first kappa shape index (κ1) is 22.3. The molecular weight excluding hydrogens is 424 g/mol. The maximum atomic E-state index is 13.1. The minimum absolute atomic E-state index is 0.0480. The van der Waals surface area contributed by atoms with Crippen molar-refractivity contribution in [2.45, 2.75) is 51.6 Å². The number of fused-ring (bicyclic) bond motifs is 1. The number of hydrogen-bond donors (Lipinski definition) is 1. The molecule has 1 aliphatic rings. The lowest BCUT2D eigenvalue weighted by molar-refractivity contribution is -0.135. The third kappa shape index (κ3) is 5.30. The monoisotopic (exact) mass is 452 g/mol. The molecule has 1 saturated heterocycles. The number of amides is 2. The fourth-order valence-corrected chi connectivity index (χ4v) is 4.48. The highest BCUT2D eigenvalue weighted by atomic mass is 35.5. The Morgan fingerprint density at radius 2 is 1.91 bits per heavy atom. The molecule has 2 heterocycles. The minimum Gasteiger partial charge on any atom is -0.355 e. The predicted molar refractivity (Wildman–Crippen MR) is 127 cm³/mol. The number of hydrogen-bond acceptors (Lipinski definition) is 3. The number of imidazole rings is 1. The van der Waals surface area contributed by atoms with Crippen LogP contribution in [0.4, 0.5) is 0 Å². The van der Waals surface area contributed by atoms with Gasteiger partial charge in [0.1, 0.15) is 12.4 Å². The van der Waals surface area contributed by atoms with Crippen LogP contribution in [0.15, 0.2) is 48.5 Å². The summed E-state index contributed by atoms with van der Waals surface area (Å²) in [5, 5.41) is 3.62. The van der Waals surface area contributed by atoms with E-state index in [0.29, 0.717) is 24.4 Å². The Labute approximate surface area is 193 Å². The molecule has 1 atom stereocenters. The van der Waals surface area contributed by atoms with Gasteiger partial charge < -0.3 is 14.8 Å². The van der Waals surface area contributed by atoms with Crippen molar-refractivity contribution in [3.8, 4) is 0 Å². The number of benzene rings is 2. The third-order valence-electron chi connectivity index (χ3n) is 6.10. The summed E-state index contributed by atoms with van der Waals surface area (Å²) in [7, 11) is 0. The van der Waals surface area contributed by atoms with Crippen LogP contribution < -0.4 is 5.32 Å². The lowest BCUT2D eigenvalue weighted by atomic mass is 10.0. The van der Waals surface area contributed by atoms with E-state index < -0.39 is 0 Å². The summed E-state index contributed by atoms with van der Waals surface area (Å²) < 4.78 is 2.00. The van der Waals surface area contributed by atoms with E-state index in [4.69, 9.17) is 16.6 Å². The number of para-hydroxylation sites is 2. The summed E-state index contributed by atoms with van der Waals surface area (Å²) in [6.45, 7) is 3.69. The quantitative estimate of drug-likeness (QED) is 0.589. The third-order valence-corrected chi connectivity index (χ3v) is 6.35. The highest BCUT2D eigenvalue weighted by molar-refractivity contribution is 6.30. The second-order valence-electron chi connectivity index (χ2n) is 8.44. The van der Waals surface area contributed by atoms with E-state index in [9.17, 15) is 9.59 Å². The van der Waals surface area contributed by atoms with E-state index in [1.807, 2.05) is 45.9 Å². The zero-order valence-corrected chi connectivity index (χ0v) is 19.1. The fourth-order valence-electron chi connectivity index (χ4n) is 4.35. The van der Waals surface area contributed by atoms with Crippen LogP contribution in [0.5, 0.6) is 0 Å². The Hall–Kier alpha value is -2.86. The summed E-state index contributed by atoms with van der Waals surface area (Å²) in [6.07, 6.45) is 4.17. The van der Waals surface area contributed by atoms with Gasteiger partial charge >= 0.3 is 0 Å². The van der Waals surface area contributed by atoms with Crippen LogP contribution in [0.1, 0.15) is 37.6 Å². The minimum atomic E-state index is -0.0480. The topological polar surface area (TPSA) is 67.2 Å². The number of rotatable bonds is 7. The van der Waals surface area contributed by atoms with Crippen LogP contribution in [0.25, 0.3) is 11.0 Å². The van der Waals surface area contributed by atoms with Gasteiger partial charge in [0.2, 0.25) is 11.8 Å². The Balaban J connectivity index is 1.42. The van der Waals surface area contributed by atoms with Gasteiger partial charge in [0.15, 0.2) is 0 Å². The Bertz CT molecular complexity index is 1090. The number of nitrogens with one attached hydrogen (secondary N) is 1. The summed E-state index contributed by atoms with van der Waals surface area (Å²) in [5.41, 5.74) is 2.74. The first-order chi connectivity index (χ1) is 15.5. The standard InChI is InChI=1S/C25H29ClN4O2/c1-18-6-4-5-15-29(18)25(32)17-30-22-8-3-2-7-21(22)28-23(30)13-14-27-24(31)16-19-9-11-20(26)12-10-19/h2-3,7-12,18H,4-6,13-17H2,1H3,(H,27,31). The first-order valence-corrected chi connectivity index (χ1v) is 11.6. The molecule has 0 aliphatic carbocycles. The molecule has 0 saturated carbocycles. The highest BCUT2D eigenvalue weighted by Gasteiger charge is 2.24. The molecule has 168 valence electrons. The van der Waals surface area contributed by atoms with Gasteiger partial charge in [0, 0.05) is 30.6 Å². The summed E-state index contributed by atoms with van der Waals surface area (Å²) in [5.74, 6) is 0.901. The molecule has 1 fully saturated rings. The van der Waals surface area contributed by atoms with Gasteiger partial charge in [-0.05, 0) is 56.0 Å². The van der Waals surface area contributed by atoms with Crippen molar-refractivity contribution >= 4 is 34.4 Å². The normalized spacial score (nSPS) is 16.3. The molecule has 1 aliphatic heterocycles. The fraction of sp³-hybridized carbons (Fsp3) is 0.400. The molecular formula is C25H29ClN4O2. The molecule has 0 bridgehead atoms. The molecule has 2 amide bonds. The molecule has 1 aromatic heterocycles. The van der Waals surface area contributed by atoms with E-state index in [1.54, 1.807) is 12.1 Å². The van der Waals surface area contributed by atoms with Crippen molar-refractivity contribution in [2.24, 2.45) is 0 Å². The second kappa shape index (κ2) is 10.2. The van der Waals surface area contributed by atoms with Crippen molar-refractivity contribution < 1.29 is 9.59 Å². The molecule has 1 N–H and O–H groups in total. The number of carbonyl (C=O) groups is 2. The SMILES string of the molecule is CC1CCCCN1C(=O)Cn1c(CCNC(=O)Cc2ccc(Cl)cc2)nc2ccccc21. The van der Waals surface area contributed by atoms with Crippen LogP contribution >= 0.6 is 11.6 Å². The molecule has 6 nitrogen and oxygen atoms in total. The zero-order chi connectivity index (χ0) is 22.5. The number of aromatic nitrogens is 2. The smallest absolute Gasteiger partial charge is 0.242 e. The van der Waals surface area contributed by atoms with Gasteiger partial charge in [0.05, 0.1) is 17.5 Å². The second-order valence-corrected chi connectivity index (χ2v) is 8.87. The van der Waals surface area contributed by atoms with Gasteiger partial charge in [-0.3, -0.25) is 9.59 Å². The van der Waals surface area contributed by atoms with E-state index >= 15 is 0 Å². The van der Waals surface area contributed by atoms with E-state index in [0.717, 1.165) is 41.8 Å². The largest absolute Gasteiger partial charge is 0.355 e. The first-order valence-electron chi connectivity index (χ1n) is 11.3. The van der Waals surface area contributed by atoms with Crippen LogP contribution in [0.2, 0.25) is 5.02 Å². The number of nitrogens with zero attached hydrogens (tertiary/aromatic N) is 3. The van der Waals surface area contributed by atoms with Gasteiger partial charge in [-0.2, -0.15) is 0 Å². The van der Waals surface area contributed by atoms with Crippen molar-refractivity contribution in [3.63, 3.8) is 0 Å². The summed E-state index contributed by atoms with van der Waals surface area (Å²) in [6, 6.07) is 15.4. The Kier molecular flexibility index (Phi) is 7.10. The van der Waals surface area contributed by atoms with Crippen LogP contribution in [0, 0.1) is 0 Å². The van der Waals surface area contributed by atoms with Crippen LogP contribution in [-0.4, -0.2) is 45.4 Å². The predicted octanol–water partition coefficient (Wildman–Crippen LogP) is 3.99. The van der Waals surface area contributed by atoms with Gasteiger partial charge in [0.25, 0.3) is 0 Å². The van der Waals surface area contributed by atoms with Crippen molar-refractivity contribution in [1.82, 2.24) is 19.8 Å². The van der Waals surface area contributed by atoms with Gasteiger partial charge in [-0.25, -0.2) is 4.98 Å². The Morgan fingerprint density at radius 3 is 2.69 bits per heavy atom.